The molecule has 32 heavy (non-hydrogen) atoms. The highest BCUT2D eigenvalue weighted by Gasteiger charge is 2.17. The minimum absolute atomic E-state index is 0.100. The number of thioether (sulfide) groups is 1. The van der Waals surface area contributed by atoms with Gasteiger partial charge < -0.3 is 0 Å². The Morgan fingerprint density at radius 1 is 0.969 bits per heavy atom. The molecule has 6 nitrogen and oxygen atoms in total. The molecule has 2 aromatic carbocycles. The second-order valence-corrected chi connectivity index (χ2v) is 8.67. The number of benzene rings is 2. The quantitative estimate of drug-likeness (QED) is 0.338. The van der Waals surface area contributed by atoms with Crippen LogP contribution >= 0.6 is 23.4 Å². The number of halogens is 1. The predicted molar refractivity (Wildman–Crippen MR) is 128 cm³/mol. The van der Waals surface area contributed by atoms with Gasteiger partial charge in [0.05, 0.1) is 5.69 Å². The average Bonchev–Trinajstić information content (AvgIpc) is 3.22. The van der Waals surface area contributed by atoms with Crippen LogP contribution in [0.2, 0.25) is 5.02 Å². The third-order valence-corrected chi connectivity index (χ3v) is 6.19. The summed E-state index contributed by atoms with van der Waals surface area (Å²) in [6.45, 7) is 1.98. The van der Waals surface area contributed by atoms with Crippen molar-refractivity contribution in [3.05, 3.63) is 106 Å². The van der Waals surface area contributed by atoms with E-state index in [2.05, 4.69) is 15.2 Å². The van der Waals surface area contributed by atoms with Crippen molar-refractivity contribution in [3.63, 3.8) is 0 Å². The number of rotatable bonds is 5. The molecule has 0 fully saturated rings. The van der Waals surface area contributed by atoms with E-state index in [1.165, 1.54) is 11.8 Å². The fourth-order valence-electron chi connectivity index (χ4n) is 3.43. The van der Waals surface area contributed by atoms with Crippen molar-refractivity contribution in [2.75, 3.05) is 0 Å². The van der Waals surface area contributed by atoms with Gasteiger partial charge in [-0.15, -0.1) is 10.2 Å². The average molecular weight is 460 g/mol. The van der Waals surface area contributed by atoms with Crippen LogP contribution in [0, 0.1) is 6.92 Å². The van der Waals surface area contributed by atoms with Crippen LogP contribution in [0.15, 0.2) is 88.9 Å². The van der Waals surface area contributed by atoms with Crippen LogP contribution in [0.1, 0.15) is 11.3 Å². The maximum absolute atomic E-state index is 12.5. The first kappa shape index (κ1) is 20.5. The molecule has 0 aliphatic heterocycles. The molecule has 0 saturated heterocycles. The molecule has 0 radical (unpaired) electrons. The van der Waals surface area contributed by atoms with Crippen molar-refractivity contribution in [2.24, 2.45) is 0 Å². The molecule has 0 atom stereocenters. The zero-order valence-electron chi connectivity index (χ0n) is 17.1. The summed E-state index contributed by atoms with van der Waals surface area (Å²) in [5.41, 5.74) is 4.15. The van der Waals surface area contributed by atoms with Gasteiger partial charge in [-0.3, -0.25) is 13.8 Å². The Labute approximate surface area is 193 Å². The van der Waals surface area contributed by atoms with Gasteiger partial charge in [0.2, 0.25) is 0 Å². The standard InChI is InChI=1S/C24H18ClN5OS/c1-16-11-12-29-21(13-16)26-19(14-22(29)31)15-32-24-28-27-23(17-7-9-18(25)10-8-17)30(24)20-5-3-2-4-6-20/h2-14H,15H2,1H3. The van der Waals surface area contributed by atoms with E-state index in [0.717, 1.165) is 22.6 Å². The molecular weight excluding hydrogens is 442 g/mol. The summed E-state index contributed by atoms with van der Waals surface area (Å²) in [6, 6.07) is 22.8. The maximum atomic E-state index is 12.5. The van der Waals surface area contributed by atoms with Crippen LogP contribution in [-0.4, -0.2) is 24.1 Å². The molecule has 3 heterocycles. The van der Waals surface area contributed by atoms with Crippen molar-refractivity contribution in [2.45, 2.75) is 17.8 Å². The number of aryl methyl sites for hydroxylation is 1. The Morgan fingerprint density at radius 3 is 2.53 bits per heavy atom. The lowest BCUT2D eigenvalue weighted by molar-refractivity contribution is 0.884. The van der Waals surface area contributed by atoms with Crippen molar-refractivity contribution in [3.8, 4) is 17.1 Å². The van der Waals surface area contributed by atoms with E-state index in [1.807, 2.05) is 78.2 Å². The van der Waals surface area contributed by atoms with Gasteiger partial charge in [-0.25, -0.2) is 4.98 Å². The molecule has 8 heteroatoms. The largest absolute Gasteiger partial charge is 0.270 e. The Kier molecular flexibility index (Phi) is 5.51. The second-order valence-electron chi connectivity index (χ2n) is 7.29. The topological polar surface area (TPSA) is 65.1 Å². The van der Waals surface area contributed by atoms with Gasteiger partial charge >= 0.3 is 0 Å². The third kappa shape index (κ3) is 4.04. The molecular formula is C24H18ClN5OS. The highest BCUT2D eigenvalue weighted by atomic mass is 35.5. The van der Waals surface area contributed by atoms with Crippen LogP contribution in [-0.2, 0) is 5.75 Å². The molecule has 158 valence electrons. The molecule has 0 aliphatic rings. The Hall–Kier alpha value is -3.42. The van der Waals surface area contributed by atoms with Gasteiger partial charge in [0, 0.05) is 34.3 Å². The Balaban J connectivity index is 1.52. The zero-order chi connectivity index (χ0) is 22.1. The minimum Gasteiger partial charge on any atom is -0.270 e. The molecule has 0 aliphatic carbocycles. The molecule has 5 rings (SSSR count). The summed E-state index contributed by atoms with van der Waals surface area (Å²) in [4.78, 5) is 17.2. The van der Waals surface area contributed by atoms with E-state index >= 15 is 0 Å². The molecule has 0 unspecified atom stereocenters. The van der Waals surface area contributed by atoms with Gasteiger partial charge in [-0.2, -0.15) is 0 Å². The number of nitrogens with zero attached hydrogens (tertiary/aromatic N) is 5. The number of para-hydroxylation sites is 1. The number of pyridine rings is 1. The molecule has 5 aromatic rings. The van der Waals surface area contributed by atoms with Crippen molar-refractivity contribution >= 4 is 29.0 Å². The summed E-state index contributed by atoms with van der Waals surface area (Å²) in [5, 5.41) is 10.3. The van der Waals surface area contributed by atoms with Gasteiger partial charge in [-0.05, 0) is 61.0 Å². The maximum Gasteiger partial charge on any atom is 0.258 e. The highest BCUT2D eigenvalue weighted by molar-refractivity contribution is 7.98. The lowest BCUT2D eigenvalue weighted by Crippen LogP contribution is -2.15. The summed E-state index contributed by atoms with van der Waals surface area (Å²) in [6.07, 6.45) is 1.75. The normalized spacial score (nSPS) is 11.2. The SMILES string of the molecule is Cc1ccn2c(=O)cc(CSc3nnc(-c4ccc(Cl)cc4)n3-c3ccccc3)nc2c1. The van der Waals surface area contributed by atoms with Crippen molar-refractivity contribution < 1.29 is 0 Å². The second kappa shape index (κ2) is 8.61. The van der Waals surface area contributed by atoms with Crippen molar-refractivity contribution in [1.29, 1.82) is 0 Å². The fourth-order valence-corrected chi connectivity index (χ4v) is 4.40. The van der Waals surface area contributed by atoms with E-state index in [-0.39, 0.29) is 5.56 Å². The Morgan fingerprint density at radius 2 is 1.75 bits per heavy atom. The first-order valence-corrected chi connectivity index (χ1v) is 11.3. The molecule has 0 saturated carbocycles. The van der Waals surface area contributed by atoms with Crippen LogP contribution in [0.3, 0.4) is 0 Å². The number of hydrogen-bond acceptors (Lipinski definition) is 5. The first-order chi connectivity index (χ1) is 15.6. The molecule has 0 N–H and O–H groups in total. The van der Waals surface area contributed by atoms with E-state index < -0.39 is 0 Å². The molecule has 0 amide bonds. The van der Waals surface area contributed by atoms with E-state index in [4.69, 9.17) is 11.6 Å². The first-order valence-electron chi connectivity index (χ1n) is 9.97. The Bertz CT molecular complexity index is 1460. The van der Waals surface area contributed by atoms with Crippen molar-refractivity contribution in [1.82, 2.24) is 24.1 Å². The number of fused-ring (bicyclic) bond motifs is 1. The van der Waals surface area contributed by atoms with Crippen LogP contribution in [0.5, 0.6) is 0 Å². The van der Waals surface area contributed by atoms with E-state index in [1.54, 1.807) is 16.7 Å². The minimum atomic E-state index is -0.100. The summed E-state index contributed by atoms with van der Waals surface area (Å²) in [7, 11) is 0. The lowest BCUT2D eigenvalue weighted by Gasteiger charge is -2.10. The van der Waals surface area contributed by atoms with Gasteiger partial charge in [0.1, 0.15) is 5.65 Å². The third-order valence-electron chi connectivity index (χ3n) is 4.98. The lowest BCUT2D eigenvalue weighted by atomic mass is 10.2. The fraction of sp³-hybridized carbons (Fsp3) is 0.0833. The van der Waals surface area contributed by atoms with Gasteiger partial charge in [0.25, 0.3) is 5.56 Å². The monoisotopic (exact) mass is 459 g/mol. The summed E-state index contributed by atoms with van der Waals surface area (Å²) in [5.74, 6) is 1.21. The van der Waals surface area contributed by atoms with Gasteiger partial charge in [-0.1, -0.05) is 41.6 Å². The number of aromatic nitrogens is 5. The van der Waals surface area contributed by atoms with E-state index in [9.17, 15) is 4.79 Å². The van der Waals surface area contributed by atoms with Gasteiger partial charge in [0.15, 0.2) is 11.0 Å². The zero-order valence-corrected chi connectivity index (χ0v) is 18.7. The molecule has 0 bridgehead atoms. The molecule has 3 aromatic heterocycles. The summed E-state index contributed by atoms with van der Waals surface area (Å²) < 4.78 is 3.55. The molecule has 0 spiro atoms. The van der Waals surface area contributed by atoms with Crippen LogP contribution < -0.4 is 5.56 Å². The number of hydrogen-bond donors (Lipinski definition) is 0. The summed E-state index contributed by atoms with van der Waals surface area (Å²) >= 11 is 7.55. The van der Waals surface area contributed by atoms with Crippen LogP contribution in [0.4, 0.5) is 0 Å². The predicted octanol–water partition coefficient (Wildman–Crippen LogP) is 5.20. The smallest absolute Gasteiger partial charge is 0.258 e. The van der Waals surface area contributed by atoms with Crippen LogP contribution in [0.25, 0.3) is 22.7 Å². The van der Waals surface area contributed by atoms with E-state index in [0.29, 0.717) is 27.3 Å². The highest BCUT2D eigenvalue weighted by Crippen LogP contribution is 2.30.